The number of nitro benzene ring substituents is 1. The Labute approximate surface area is 136 Å². The summed E-state index contributed by atoms with van der Waals surface area (Å²) in [6.07, 6.45) is 0. The molecule has 6 heteroatoms. The Kier molecular flexibility index (Phi) is 4.25. The summed E-state index contributed by atoms with van der Waals surface area (Å²) in [6, 6.07) is 15.1. The van der Waals surface area contributed by atoms with E-state index in [0.29, 0.717) is 16.7 Å². The van der Waals surface area contributed by atoms with Gasteiger partial charge in [0.25, 0.3) is 5.69 Å². The van der Waals surface area contributed by atoms with Crippen LogP contribution in [-0.4, -0.2) is 16.5 Å². The van der Waals surface area contributed by atoms with Crippen LogP contribution in [0.15, 0.2) is 59.4 Å². The van der Waals surface area contributed by atoms with Crippen LogP contribution < -0.4 is 10.3 Å². The van der Waals surface area contributed by atoms with E-state index in [-0.39, 0.29) is 17.8 Å². The number of rotatable bonds is 3. The molecule has 0 saturated heterocycles. The molecule has 6 nitrogen and oxygen atoms in total. The van der Waals surface area contributed by atoms with Crippen LogP contribution in [-0.2, 0) is 0 Å². The molecule has 2 aromatic carbocycles. The number of hydrogen-bond donors (Lipinski definition) is 1. The van der Waals surface area contributed by atoms with Gasteiger partial charge in [-0.25, -0.2) is 0 Å². The van der Waals surface area contributed by atoms with Gasteiger partial charge in [0, 0.05) is 23.1 Å². The Bertz CT molecular complexity index is 1010. The third-order valence-electron chi connectivity index (χ3n) is 3.33. The molecule has 0 amide bonds. The van der Waals surface area contributed by atoms with Crippen LogP contribution in [0.25, 0.3) is 10.9 Å². The molecule has 0 aliphatic rings. The molecule has 1 aromatic heterocycles. The van der Waals surface area contributed by atoms with Crippen molar-refractivity contribution in [3.05, 3.63) is 80.6 Å². The lowest BCUT2D eigenvalue weighted by molar-refractivity contribution is -0.383. The number of pyridine rings is 1. The fraction of sp³-hybridized carbons (Fsp3) is 0.0556. The molecule has 0 fully saturated rings. The van der Waals surface area contributed by atoms with Crippen molar-refractivity contribution in [2.24, 2.45) is 0 Å². The molecule has 0 spiro atoms. The first-order valence-corrected chi connectivity index (χ1v) is 7.12. The number of H-pyrrole nitrogens is 1. The largest absolute Gasteiger partial charge is 0.481 e. The van der Waals surface area contributed by atoms with E-state index in [9.17, 15) is 14.9 Å². The number of benzene rings is 2. The van der Waals surface area contributed by atoms with Gasteiger partial charge in [-0.2, -0.15) is 0 Å². The smallest absolute Gasteiger partial charge is 0.293 e. The molecular formula is C18H12N2O4. The molecule has 24 heavy (non-hydrogen) atoms. The number of nitro groups is 1. The maximum atomic E-state index is 11.8. The van der Waals surface area contributed by atoms with Gasteiger partial charge in [0.2, 0.25) is 5.56 Å². The van der Waals surface area contributed by atoms with Crippen LogP contribution in [0.3, 0.4) is 0 Å². The van der Waals surface area contributed by atoms with Gasteiger partial charge in [-0.1, -0.05) is 42.2 Å². The van der Waals surface area contributed by atoms with E-state index in [2.05, 4.69) is 16.8 Å². The molecule has 1 N–H and O–H groups in total. The predicted octanol–water partition coefficient (Wildman–Crippen LogP) is 2.87. The quantitative estimate of drug-likeness (QED) is 0.457. The van der Waals surface area contributed by atoms with Crippen molar-refractivity contribution in [3.8, 4) is 17.6 Å². The molecule has 3 aromatic rings. The zero-order valence-corrected chi connectivity index (χ0v) is 12.5. The molecule has 3 rings (SSSR count). The Balaban J connectivity index is 1.93. The van der Waals surface area contributed by atoms with Crippen LogP contribution in [0.2, 0.25) is 0 Å². The summed E-state index contributed by atoms with van der Waals surface area (Å²) in [7, 11) is 0. The minimum Gasteiger partial charge on any atom is -0.481 e. The van der Waals surface area contributed by atoms with Crippen molar-refractivity contribution in [3.63, 3.8) is 0 Å². The topological polar surface area (TPSA) is 85.2 Å². The second-order valence-corrected chi connectivity index (χ2v) is 4.91. The van der Waals surface area contributed by atoms with Gasteiger partial charge in [-0.05, 0) is 12.1 Å². The van der Waals surface area contributed by atoms with Crippen molar-refractivity contribution in [1.82, 2.24) is 4.98 Å². The monoisotopic (exact) mass is 320 g/mol. The zero-order valence-electron chi connectivity index (χ0n) is 12.5. The van der Waals surface area contributed by atoms with Crippen LogP contribution in [0.4, 0.5) is 5.69 Å². The highest BCUT2D eigenvalue weighted by molar-refractivity contribution is 5.91. The minimum absolute atomic E-state index is 0.146. The average Bonchev–Trinajstić information content (AvgIpc) is 2.58. The van der Waals surface area contributed by atoms with E-state index in [1.165, 1.54) is 12.1 Å². The molecule has 118 valence electrons. The fourth-order valence-corrected chi connectivity index (χ4v) is 2.29. The standard InChI is InChI=1S/C18H12N2O4/c21-17-12-13(6-5-11-24-14-7-2-1-3-8-14)15-9-4-10-16(20(22)23)18(15)19-17/h1-4,7-10,12H,11H2,(H,19,21). The molecule has 0 saturated carbocycles. The lowest BCUT2D eigenvalue weighted by Gasteiger charge is -2.02. The van der Waals surface area contributed by atoms with Gasteiger partial charge in [0.15, 0.2) is 0 Å². The summed E-state index contributed by atoms with van der Waals surface area (Å²) in [6.45, 7) is 0.146. The van der Waals surface area contributed by atoms with Gasteiger partial charge in [0.1, 0.15) is 17.9 Å². The van der Waals surface area contributed by atoms with E-state index < -0.39 is 10.5 Å². The van der Waals surface area contributed by atoms with Crippen molar-refractivity contribution in [1.29, 1.82) is 0 Å². The Hall–Kier alpha value is -3.59. The van der Waals surface area contributed by atoms with Crippen molar-refractivity contribution >= 4 is 16.6 Å². The second-order valence-electron chi connectivity index (χ2n) is 4.91. The average molecular weight is 320 g/mol. The number of non-ortho nitro benzene ring substituents is 1. The van der Waals surface area contributed by atoms with Crippen molar-refractivity contribution in [2.75, 3.05) is 6.61 Å². The number of hydrogen-bond acceptors (Lipinski definition) is 4. The number of nitrogens with zero attached hydrogens (tertiary/aromatic N) is 1. The summed E-state index contributed by atoms with van der Waals surface area (Å²) < 4.78 is 5.46. The summed E-state index contributed by atoms with van der Waals surface area (Å²) in [5.74, 6) is 6.36. The summed E-state index contributed by atoms with van der Waals surface area (Å²) in [5.41, 5.74) is -0.00347. The summed E-state index contributed by atoms with van der Waals surface area (Å²) in [4.78, 5) is 24.8. The summed E-state index contributed by atoms with van der Waals surface area (Å²) in [5, 5.41) is 11.6. The normalized spacial score (nSPS) is 10.0. The molecule has 0 atom stereocenters. The molecule has 1 heterocycles. The van der Waals surface area contributed by atoms with Crippen LogP contribution >= 0.6 is 0 Å². The van der Waals surface area contributed by atoms with Crippen LogP contribution in [0.5, 0.6) is 5.75 Å². The van der Waals surface area contributed by atoms with E-state index in [0.717, 1.165) is 0 Å². The zero-order chi connectivity index (χ0) is 16.9. The Morgan fingerprint density at radius 1 is 1.12 bits per heavy atom. The van der Waals surface area contributed by atoms with Crippen molar-refractivity contribution < 1.29 is 9.66 Å². The third kappa shape index (κ3) is 3.25. The highest BCUT2D eigenvalue weighted by Gasteiger charge is 2.13. The van der Waals surface area contributed by atoms with Gasteiger partial charge < -0.3 is 9.72 Å². The van der Waals surface area contributed by atoms with Crippen LogP contribution in [0.1, 0.15) is 5.56 Å². The minimum atomic E-state index is -0.534. The maximum absolute atomic E-state index is 11.8. The first kappa shape index (κ1) is 15.3. The maximum Gasteiger partial charge on any atom is 0.293 e. The third-order valence-corrected chi connectivity index (χ3v) is 3.33. The first-order valence-electron chi connectivity index (χ1n) is 7.12. The molecule has 0 aliphatic carbocycles. The molecule has 0 unspecified atom stereocenters. The number of ether oxygens (including phenoxy) is 1. The van der Waals surface area contributed by atoms with Gasteiger partial charge >= 0.3 is 0 Å². The molecule has 0 aliphatic heterocycles. The van der Waals surface area contributed by atoms with Gasteiger partial charge in [-0.15, -0.1) is 0 Å². The fourth-order valence-electron chi connectivity index (χ4n) is 2.29. The SMILES string of the molecule is O=c1cc(C#CCOc2ccccc2)c2cccc([N+](=O)[O-])c2[nH]1. The number of fused-ring (bicyclic) bond motifs is 1. The number of nitrogens with one attached hydrogen (secondary N) is 1. The number of para-hydroxylation sites is 2. The predicted molar refractivity (Wildman–Crippen MR) is 90.0 cm³/mol. The van der Waals surface area contributed by atoms with E-state index in [4.69, 9.17) is 4.74 Å². The summed E-state index contributed by atoms with van der Waals surface area (Å²) >= 11 is 0. The Morgan fingerprint density at radius 3 is 2.67 bits per heavy atom. The Morgan fingerprint density at radius 2 is 1.92 bits per heavy atom. The van der Waals surface area contributed by atoms with Crippen LogP contribution in [0, 0.1) is 22.0 Å². The number of aromatic nitrogens is 1. The van der Waals surface area contributed by atoms with E-state index >= 15 is 0 Å². The molecule has 0 radical (unpaired) electrons. The highest BCUT2D eigenvalue weighted by Crippen LogP contribution is 2.24. The second kappa shape index (κ2) is 6.67. The van der Waals surface area contributed by atoms with E-state index in [1.807, 2.05) is 30.3 Å². The van der Waals surface area contributed by atoms with Crippen molar-refractivity contribution in [2.45, 2.75) is 0 Å². The lowest BCUT2D eigenvalue weighted by atomic mass is 10.1. The molecular weight excluding hydrogens is 308 g/mol. The van der Waals surface area contributed by atoms with Gasteiger partial charge in [-0.3, -0.25) is 14.9 Å². The highest BCUT2D eigenvalue weighted by atomic mass is 16.6. The first-order chi connectivity index (χ1) is 11.6. The van der Waals surface area contributed by atoms with E-state index in [1.54, 1.807) is 12.1 Å². The van der Waals surface area contributed by atoms with Gasteiger partial charge in [0.05, 0.1) is 4.92 Å². The number of aromatic amines is 1. The molecule has 0 bridgehead atoms. The lowest BCUT2D eigenvalue weighted by Crippen LogP contribution is -2.07.